The zero-order valence-corrected chi connectivity index (χ0v) is 13.6. The monoisotopic (exact) mass is 344 g/mol. The van der Waals surface area contributed by atoms with Crippen molar-refractivity contribution in [3.8, 4) is 21.8 Å². The maximum absolute atomic E-state index is 4.74. The third-order valence-corrected chi connectivity index (χ3v) is 4.39. The van der Waals surface area contributed by atoms with Gasteiger partial charge < -0.3 is 0 Å². The average molecular weight is 345 g/mol. The smallest absolute Gasteiger partial charge is 0.124 e. The van der Waals surface area contributed by atoms with Crippen molar-refractivity contribution in [3.05, 3.63) is 57.6 Å². The van der Waals surface area contributed by atoms with Gasteiger partial charge in [-0.1, -0.05) is 28.1 Å². The molecule has 0 unspecified atom stereocenters. The van der Waals surface area contributed by atoms with Crippen molar-refractivity contribution in [2.75, 3.05) is 0 Å². The van der Waals surface area contributed by atoms with Crippen LogP contribution in [0.3, 0.4) is 0 Å². The van der Waals surface area contributed by atoms with E-state index in [9.17, 15) is 0 Å². The Morgan fingerprint density at radius 1 is 0.900 bits per heavy atom. The number of hydrogen-bond donors (Lipinski definition) is 0. The van der Waals surface area contributed by atoms with E-state index >= 15 is 0 Å². The zero-order chi connectivity index (χ0) is 14.1. The summed E-state index contributed by atoms with van der Waals surface area (Å²) in [5.41, 5.74) is 5.35. The fourth-order valence-corrected chi connectivity index (χ4v) is 3.20. The molecule has 0 fully saturated rings. The Balaban J connectivity index is 1.99. The van der Waals surface area contributed by atoms with E-state index in [0.29, 0.717) is 0 Å². The molecule has 0 radical (unpaired) electrons. The topological polar surface area (TPSA) is 25.8 Å². The molecule has 20 heavy (non-hydrogen) atoms. The fraction of sp³-hybridized carbons (Fsp3) is 0.125. The van der Waals surface area contributed by atoms with Crippen LogP contribution in [0.5, 0.6) is 0 Å². The number of thiazole rings is 1. The molecule has 0 aliphatic rings. The maximum atomic E-state index is 4.74. The normalized spacial score (nSPS) is 10.8. The van der Waals surface area contributed by atoms with E-state index in [1.807, 2.05) is 26.0 Å². The minimum Gasteiger partial charge on any atom is -0.258 e. The summed E-state index contributed by atoms with van der Waals surface area (Å²) in [4.78, 5) is 9.14. The summed E-state index contributed by atoms with van der Waals surface area (Å²) in [6.07, 6.45) is 0. The van der Waals surface area contributed by atoms with Crippen LogP contribution < -0.4 is 0 Å². The molecular weight excluding hydrogens is 332 g/mol. The standard InChI is InChI=1S/C16H13BrN2S/c1-10-7-13(8-11(2)18-10)16-19-15(9-20-16)12-3-5-14(17)6-4-12/h3-9H,1-2H3. The average Bonchev–Trinajstić information content (AvgIpc) is 2.88. The van der Waals surface area contributed by atoms with Crippen LogP contribution in [0.15, 0.2) is 46.3 Å². The second-order valence-electron chi connectivity index (χ2n) is 4.68. The first kappa shape index (κ1) is 13.5. The minimum absolute atomic E-state index is 1.02. The highest BCUT2D eigenvalue weighted by Crippen LogP contribution is 2.30. The SMILES string of the molecule is Cc1cc(-c2nc(-c3ccc(Br)cc3)cs2)cc(C)n1. The first-order valence-corrected chi connectivity index (χ1v) is 7.96. The predicted molar refractivity (Wildman–Crippen MR) is 88.0 cm³/mol. The van der Waals surface area contributed by atoms with Crippen LogP contribution in [0.25, 0.3) is 21.8 Å². The molecule has 3 rings (SSSR count). The van der Waals surface area contributed by atoms with Crippen molar-refractivity contribution in [1.82, 2.24) is 9.97 Å². The third-order valence-electron chi connectivity index (χ3n) is 2.97. The van der Waals surface area contributed by atoms with Gasteiger partial charge in [0.1, 0.15) is 5.01 Å². The largest absolute Gasteiger partial charge is 0.258 e. The molecule has 0 amide bonds. The first-order chi connectivity index (χ1) is 9.61. The Morgan fingerprint density at radius 3 is 2.20 bits per heavy atom. The van der Waals surface area contributed by atoms with Gasteiger partial charge in [-0.3, -0.25) is 4.98 Å². The Kier molecular flexibility index (Phi) is 3.68. The number of rotatable bonds is 2. The Labute approximate surface area is 130 Å². The van der Waals surface area contributed by atoms with Gasteiger partial charge in [0.2, 0.25) is 0 Å². The third kappa shape index (κ3) is 2.81. The summed E-state index contributed by atoms with van der Waals surface area (Å²) in [7, 11) is 0. The Bertz CT molecular complexity index is 727. The summed E-state index contributed by atoms with van der Waals surface area (Å²) in [6.45, 7) is 4.03. The minimum atomic E-state index is 1.02. The van der Waals surface area contributed by atoms with Crippen molar-refractivity contribution >= 4 is 27.3 Å². The van der Waals surface area contributed by atoms with Crippen LogP contribution in [-0.2, 0) is 0 Å². The molecule has 0 atom stereocenters. The molecule has 0 saturated heterocycles. The van der Waals surface area contributed by atoms with Gasteiger partial charge in [-0.15, -0.1) is 11.3 Å². The number of hydrogen-bond acceptors (Lipinski definition) is 3. The van der Waals surface area contributed by atoms with Crippen LogP contribution in [0, 0.1) is 13.8 Å². The molecule has 2 heterocycles. The van der Waals surface area contributed by atoms with Gasteiger partial charge in [-0.05, 0) is 38.1 Å². The number of nitrogens with zero attached hydrogens (tertiary/aromatic N) is 2. The Morgan fingerprint density at radius 2 is 1.55 bits per heavy atom. The van der Waals surface area contributed by atoms with Crippen LogP contribution >= 0.6 is 27.3 Å². The molecule has 0 spiro atoms. The molecule has 2 nitrogen and oxygen atoms in total. The summed E-state index contributed by atoms with van der Waals surface area (Å²) >= 11 is 5.12. The van der Waals surface area contributed by atoms with Gasteiger partial charge in [0.15, 0.2) is 0 Å². The lowest BCUT2D eigenvalue weighted by atomic mass is 10.2. The van der Waals surface area contributed by atoms with E-state index in [1.54, 1.807) is 11.3 Å². The summed E-state index contributed by atoms with van der Waals surface area (Å²) in [6, 6.07) is 12.4. The van der Waals surface area contributed by atoms with E-state index in [-0.39, 0.29) is 0 Å². The molecular formula is C16H13BrN2S. The highest BCUT2D eigenvalue weighted by atomic mass is 79.9. The second-order valence-corrected chi connectivity index (χ2v) is 6.46. The number of pyridine rings is 1. The van der Waals surface area contributed by atoms with Gasteiger partial charge >= 0.3 is 0 Å². The summed E-state index contributed by atoms with van der Waals surface area (Å²) in [5, 5.41) is 3.14. The van der Waals surface area contributed by atoms with Gasteiger partial charge in [0.05, 0.1) is 5.69 Å². The van der Waals surface area contributed by atoms with Gasteiger partial charge in [-0.25, -0.2) is 4.98 Å². The molecule has 0 aliphatic carbocycles. The number of aryl methyl sites for hydroxylation is 2. The van der Waals surface area contributed by atoms with Crippen molar-refractivity contribution in [2.24, 2.45) is 0 Å². The van der Waals surface area contributed by atoms with Gasteiger partial charge in [0, 0.05) is 32.4 Å². The van der Waals surface area contributed by atoms with Crippen molar-refractivity contribution in [1.29, 1.82) is 0 Å². The van der Waals surface area contributed by atoms with E-state index in [0.717, 1.165) is 37.7 Å². The van der Waals surface area contributed by atoms with Crippen LogP contribution in [-0.4, -0.2) is 9.97 Å². The van der Waals surface area contributed by atoms with Crippen LogP contribution in [0.4, 0.5) is 0 Å². The highest BCUT2D eigenvalue weighted by Gasteiger charge is 2.08. The van der Waals surface area contributed by atoms with E-state index < -0.39 is 0 Å². The summed E-state index contributed by atoms with van der Waals surface area (Å²) in [5.74, 6) is 0. The second kappa shape index (κ2) is 5.46. The lowest BCUT2D eigenvalue weighted by Crippen LogP contribution is -1.87. The lowest BCUT2D eigenvalue weighted by molar-refractivity contribution is 1.12. The maximum Gasteiger partial charge on any atom is 0.124 e. The highest BCUT2D eigenvalue weighted by molar-refractivity contribution is 9.10. The zero-order valence-electron chi connectivity index (χ0n) is 11.2. The van der Waals surface area contributed by atoms with Gasteiger partial charge in [0.25, 0.3) is 0 Å². The summed E-state index contributed by atoms with van der Waals surface area (Å²) < 4.78 is 1.08. The molecule has 0 N–H and O–H groups in total. The van der Waals surface area contributed by atoms with Gasteiger partial charge in [-0.2, -0.15) is 0 Å². The van der Waals surface area contributed by atoms with Crippen molar-refractivity contribution in [3.63, 3.8) is 0 Å². The van der Waals surface area contributed by atoms with Crippen LogP contribution in [0.2, 0.25) is 0 Å². The molecule has 1 aromatic carbocycles. The molecule has 4 heteroatoms. The predicted octanol–water partition coefficient (Wildman–Crippen LogP) is 5.25. The van der Waals surface area contributed by atoms with E-state index in [1.165, 1.54) is 0 Å². The van der Waals surface area contributed by atoms with Crippen molar-refractivity contribution in [2.45, 2.75) is 13.8 Å². The molecule has 100 valence electrons. The van der Waals surface area contributed by atoms with Crippen LogP contribution in [0.1, 0.15) is 11.4 Å². The Hall–Kier alpha value is -1.52. The number of benzene rings is 1. The quantitative estimate of drug-likeness (QED) is 0.634. The van der Waals surface area contributed by atoms with Crippen molar-refractivity contribution < 1.29 is 0 Å². The number of aromatic nitrogens is 2. The van der Waals surface area contributed by atoms with E-state index in [4.69, 9.17) is 4.98 Å². The molecule has 0 aliphatic heterocycles. The lowest BCUT2D eigenvalue weighted by Gasteiger charge is -2.01. The van der Waals surface area contributed by atoms with E-state index in [2.05, 4.69) is 50.6 Å². The number of halogens is 1. The molecule has 3 aromatic rings. The molecule has 2 aromatic heterocycles. The fourth-order valence-electron chi connectivity index (χ4n) is 2.12. The first-order valence-electron chi connectivity index (χ1n) is 6.29. The molecule has 0 saturated carbocycles. The molecule has 0 bridgehead atoms.